The van der Waals surface area contributed by atoms with Crippen LogP contribution in [-0.4, -0.2) is 29.5 Å². The summed E-state index contributed by atoms with van der Waals surface area (Å²) in [5, 5.41) is 3.22. The minimum atomic E-state index is 0.663. The molecule has 0 atom stereocenters. The molecule has 4 heteroatoms. The van der Waals surface area contributed by atoms with E-state index in [-0.39, 0.29) is 0 Å². The smallest absolute Gasteiger partial charge is 0.0941 e. The zero-order valence-corrected chi connectivity index (χ0v) is 10.4. The van der Waals surface area contributed by atoms with E-state index in [9.17, 15) is 0 Å². The molecule has 0 saturated carbocycles. The number of rotatable bonds is 8. The van der Waals surface area contributed by atoms with Gasteiger partial charge < -0.3 is 5.73 Å². The van der Waals surface area contributed by atoms with Gasteiger partial charge in [0.1, 0.15) is 0 Å². The Labute approximate surface area is 101 Å². The molecule has 1 heterocycles. The molecule has 88 valence electrons. The molecular weight excluding hydrogens is 218 g/mol. The number of nitrogens with zero attached hydrogens (tertiary/aromatic N) is 2. The van der Waals surface area contributed by atoms with Crippen LogP contribution in [-0.2, 0) is 13.0 Å². The Bertz CT molecular complexity index is 323. The van der Waals surface area contributed by atoms with Crippen LogP contribution in [0.25, 0.3) is 0 Å². The first-order valence-electron chi connectivity index (χ1n) is 5.37. The van der Waals surface area contributed by atoms with Crippen LogP contribution in [0.4, 0.5) is 0 Å². The van der Waals surface area contributed by atoms with Crippen LogP contribution in [0.3, 0.4) is 0 Å². The summed E-state index contributed by atoms with van der Waals surface area (Å²) in [5.41, 5.74) is 6.60. The Balaban J connectivity index is 2.54. The van der Waals surface area contributed by atoms with Gasteiger partial charge in [0.05, 0.1) is 10.7 Å². The SMILES string of the molecule is C=CCN(CC=C)Cc1csc(CCN)n1. The molecule has 0 aliphatic heterocycles. The maximum Gasteiger partial charge on any atom is 0.0941 e. The predicted octanol–water partition coefficient (Wildman–Crippen LogP) is 1.82. The third-order valence-corrected chi connectivity index (χ3v) is 3.08. The first-order chi connectivity index (χ1) is 7.80. The largest absolute Gasteiger partial charge is 0.330 e. The molecule has 0 spiro atoms. The first kappa shape index (κ1) is 13.1. The monoisotopic (exact) mass is 237 g/mol. The van der Waals surface area contributed by atoms with Crippen LogP contribution in [0.1, 0.15) is 10.7 Å². The molecule has 0 fully saturated rings. The minimum absolute atomic E-state index is 0.663. The van der Waals surface area contributed by atoms with Gasteiger partial charge in [0.2, 0.25) is 0 Å². The molecule has 0 amide bonds. The summed E-state index contributed by atoms with van der Waals surface area (Å²) in [6.07, 6.45) is 4.67. The summed E-state index contributed by atoms with van der Waals surface area (Å²) in [5.74, 6) is 0. The van der Waals surface area contributed by atoms with E-state index >= 15 is 0 Å². The Morgan fingerprint density at radius 3 is 2.62 bits per heavy atom. The van der Waals surface area contributed by atoms with Crippen molar-refractivity contribution in [2.75, 3.05) is 19.6 Å². The zero-order valence-electron chi connectivity index (χ0n) is 9.56. The maximum absolute atomic E-state index is 5.50. The van der Waals surface area contributed by atoms with Crippen LogP contribution < -0.4 is 5.73 Å². The predicted molar refractivity (Wildman–Crippen MR) is 70.5 cm³/mol. The van der Waals surface area contributed by atoms with Gasteiger partial charge in [0.15, 0.2) is 0 Å². The number of thiazole rings is 1. The van der Waals surface area contributed by atoms with Gasteiger partial charge >= 0.3 is 0 Å². The van der Waals surface area contributed by atoms with E-state index in [1.165, 1.54) is 0 Å². The number of aromatic nitrogens is 1. The molecule has 0 radical (unpaired) electrons. The van der Waals surface area contributed by atoms with Crippen molar-refractivity contribution in [2.45, 2.75) is 13.0 Å². The van der Waals surface area contributed by atoms with Gasteiger partial charge in [-0.1, -0.05) is 12.2 Å². The van der Waals surface area contributed by atoms with Crippen molar-refractivity contribution in [1.29, 1.82) is 0 Å². The van der Waals surface area contributed by atoms with Crippen molar-refractivity contribution in [3.8, 4) is 0 Å². The van der Waals surface area contributed by atoms with Gasteiger partial charge in [0.25, 0.3) is 0 Å². The number of nitrogens with two attached hydrogens (primary N) is 1. The van der Waals surface area contributed by atoms with Crippen molar-refractivity contribution in [3.05, 3.63) is 41.4 Å². The number of hydrogen-bond acceptors (Lipinski definition) is 4. The molecule has 0 bridgehead atoms. The Hall–Kier alpha value is -0.970. The Morgan fingerprint density at radius 2 is 2.06 bits per heavy atom. The Kier molecular flexibility index (Phi) is 6.00. The van der Waals surface area contributed by atoms with Crippen LogP contribution in [0.5, 0.6) is 0 Å². The lowest BCUT2D eigenvalue weighted by molar-refractivity contribution is 0.324. The van der Waals surface area contributed by atoms with E-state index < -0.39 is 0 Å². The van der Waals surface area contributed by atoms with Crippen LogP contribution in [0, 0.1) is 0 Å². The molecular formula is C12H19N3S. The van der Waals surface area contributed by atoms with Crippen molar-refractivity contribution < 1.29 is 0 Å². The molecule has 0 aliphatic carbocycles. The summed E-state index contributed by atoms with van der Waals surface area (Å²) < 4.78 is 0. The van der Waals surface area contributed by atoms with Gasteiger partial charge in [-0.05, 0) is 6.54 Å². The average Bonchev–Trinajstić information content (AvgIpc) is 2.67. The van der Waals surface area contributed by atoms with Crippen molar-refractivity contribution in [3.63, 3.8) is 0 Å². The lowest BCUT2D eigenvalue weighted by atomic mass is 10.3. The van der Waals surface area contributed by atoms with Gasteiger partial charge in [-0.25, -0.2) is 4.98 Å². The molecule has 0 aliphatic rings. The minimum Gasteiger partial charge on any atom is -0.330 e. The summed E-state index contributed by atoms with van der Waals surface area (Å²) in [4.78, 5) is 6.77. The molecule has 0 aromatic carbocycles. The second kappa shape index (κ2) is 7.33. The van der Waals surface area contributed by atoms with E-state index in [1.807, 2.05) is 12.2 Å². The fourth-order valence-corrected chi connectivity index (χ4v) is 2.26. The third-order valence-electron chi connectivity index (χ3n) is 2.12. The molecule has 0 saturated heterocycles. The van der Waals surface area contributed by atoms with E-state index in [0.29, 0.717) is 6.54 Å². The van der Waals surface area contributed by atoms with Crippen molar-refractivity contribution >= 4 is 11.3 Å². The molecule has 2 N–H and O–H groups in total. The summed E-state index contributed by atoms with van der Waals surface area (Å²) >= 11 is 1.68. The normalized spacial score (nSPS) is 10.6. The lowest BCUT2D eigenvalue weighted by Crippen LogP contribution is -2.23. The van der Waals surface area contributed by atoms with Crippen LogP contribution in [0.15, 0.2) is 30.7 Å². The summed E-state index contributed by atoms with van der Waals surface area (Å²) in [6.45, 7) is 10.7. The fourth-order valence-electron chi connectivity index (χ4n) is 1.46. The third kappa shape index (κ3) is 4.26. The summed E-state index contributed by atoms with van der Waals surface area (Å²) in [6, 6.07) is 0. The average molecular weight is 237 g/mol. The van der Waals surface area contributed by atoms with E-state index in [1.54, 1.807) is 11.3 Å². The maximum atomic E-state index is 5.50. The second-order valence-electron chi connectivity index (χ2n) is 3.54. The van der Waals surface area contributed by atoms with E-state index in [4.69, 9.17) is 5.73 Å². The standard InChI is InChI=1S/C12H19N3S/c1-3-7-15(8-4-2)9-11-10-16-12(14-11)5-6-13/h3-4,10H,1-2,5-9,13H2. The van der Waals surface area contributed by atoms with Crippen molar-refractivity contribution in [2.24, 2.45) is 5.73 Å². The van der Waals surface area contributed by atoms with Crippen LogP contribution in [0.2, 0.25) is 0 Å². The molecule has 1 aromatic heterocycles. The first-order valence-corrected chi connectivity index (χ1v) is 6.25. The van der Waals surface area contributed by atoms with E-state index in [2.05, 4.69) is 28.4 Å². The van der Waals surface area contributed by atoms with Crippen LogP contribution >= 0.6 is 11.3 Å². The lowest BCUT2D eigenvalue weighted by Gasteiger charge is -2.16. The summed E-state index contributed by atoms with van der Waals surface area (Å²) in [7, 11) is 0. The highest BCUT2D eigenvalue weighted by molar-refractivity contribution is 7.09. The van der Waals surface area contributed by atoms with Gasteiger partial charge in [0, 0.05) is 31.4 Å². The van der Waals surface area contributed by atoms with Gasteiger partial charge in [-0.2, -0.15) is 0 Å². The second-order valence-corrected chi connectivity index (χ2v) is 4.49. The zero-order chi connectivity index (χ0) is 11.8. The highest BCUT2D eigenvalue weighted by Gasteiger charge is 2.06. The van der Waals surface area contributed by atoms with Gasteiger partial charge in [-0.15, -0.1) is 24.5 Å². The molecule has 16 heavy (non-hydrogen) atoms. The molecule has 0 unspecified atom stereocenters. The Morgan fingerprint density at radius 1 is 1.38 bits per heavy atom. The molecule has 1 aromatic rings. The fraction of sp³-hybridized carbons (Fsp3) is 0.417. The highest BCUT2D eigenvalue weighted by Crippen LogP contribution is 2.12. The molecule has 1 rings (SSSR count). The van der Waals surface area contributed by atoms with Crippen molar-refractivity contribution in [1.82, 2.24) is 9.88 Å². The quantitative estimate of drug-likeness (QED) is 0.701. The highest BCUT2D eigenvalue weighted by atomic mass is 32.1. The number of hydrogen-bond donors (Lipinski definition) is 1. The topological polar surface area (TPSA) is 42.1 Å². The van der Waals surface area contributed by atoms with E-state index in [0.717, 1.165) is 36.8 Å². The molecule has 3 nitrogen and oxygen atoms in total. The van der Waals surface area contributed by atoms with Gasteiger partial charge in [-0.3, -0.25) is 4.90 Å².